The second kappa shape index (κ2) is 5.68. The van der Waals surface area contributed by atoms with Crippen molar-refractivity contribution in [3.63, 3.8) is 0 Å². The molecule has 20 heavy (non-hydrogen) atoms. The Labute approximate surface area is 124 Å². The van der Waals surface area contributed by atoms with Crippen molar-refractivity contribution in [2.45, 2.75) is 19.8 Å². The fourth-order valence-electron chi connectivity index (χ4n) is 1.95. The van der Waals surface area contributed by atoms with Crippen molar-refractivity contribution in [2.75, 3.05) is 5.32 Å². The van der Waals surface area contributed by atoms with E-state index in [0.29, 0.717) is 6.42 Å². The molecule has 1 N–H and O–H groups in total. The van der Waals surface area contributed by atoms with Crippen LogP contribution in [0.1, 0.15) is 17.0 Å². The monoisotopic (exact) mass is 303 g/mol. The van der Waals surface area contributed by atoms with E-state index in [-0.39, 0.29) is 5.91 Å². The van der Waals surface area contributed by atoms with E-state index in [9.17, 15) is 4.79 Å². The molecule has 0 aliphatic heterocycles. The number of carbonyl (C=O) groups excluding carboxylic acids is 1. The molecule has 0 fully saturated rings. The third kappa shape index (κ3) is 2.86. The second-order valence-corrected chi connectivity index (χ2v) is 6.27. The summed E-state index contributed by atoms with van der Waals surface area (Å²) >= 11 is 3.20. The molecule has 0 saturated carbocycles. The van der Waals surface area contributed by atoms with E-state index >= 15 is 0 Å². The van der Waals surface area contributed by atoms with Crippen molar-refractivity contribution < 1.29 is 4.79 Å². The first-order valence-corrected chi connectivity index (χ1v) is 8.00. The Hall–Kier alpha value is -1.79. The van der Waals surface area contributed by atoms with Gasteiger partial charge in [0.15, 0.2) is 0 Å². The van der Waals surface area contributed by atoms with Gasteiger partial charge >= 0.3 is 0 Å². The van der Waals surface area contributed by atoms with Gasteiger partial charge in [0.1, 0.15) is 0 Å². The van der Waals surface area contributed by atoms with Gasteiger partial charge in [0, 0.05) is 17.0 Å². The third-order valence-corrected chi connectivity index (χ3v) is 4.84. The summed E-state index contributed by atoms with van der Waals surface area (Å²) in [5.41, 5.74) is 6.37. The van der Waals surface area contributed by atoms with E-state index in [1.165, 1.54) is 4.88 Å². The quantitative estimate of drug-likeness (QED) is 0.800. The zero-order chi connectivity index (χ0) is 13.9. The van der Waals surface area contributed by atoms with Gasteiger partial charge in [0.05, 0.1) is 26.9 Å². The summed E-state index contributed by atoms with van der Waals surface area (Å²) < 4.78 is 1.13. The van der Waals surface area contributed by atoms with Crippen molar-refractivity contribution in [1.82, 2.24) is 9.97 Å². The average Bonchev–Trinajstić information content (AvgIpc) is 3.04. The topological polar surface area (TPSA) is 54.9 Å². The van der Waals surface area contributed by atoms with E-state index in [1.807, 2.05) is 36.1 Å². The molecule has 2 heterocycles. The number of nitrogens with zero attached hydrogens (tertiary/aromatic N) is 2. The first kappa shape index (κ1) is 13.2. The number of nitrogens with one attached hydrogen (secondary N) is 1. The molecule has 0 bridgehead atoms. The zero-order valence-corrected chi connectivity index (χ0v) is 12.6. The summed E-state index contributed by atoms with van der Waals surface area (Å²) in [5, 5.41) is 2.92. The van der Waals surface area contributed by atoms with Crippen LogP contribution >= 0.6 is 22.7 Å². The molecule has 0 radical (unpaired) electrons. The molecule has 4 nitrogen and oxygen atoms in total. The molecule has 1 amide bonds. The number of benzene rings is 1. The maximum atomic E-state index is 11.9. The molecule has 0 aliphatic carbocycles. The van der Waals surface area contributed by atoms with Gasteiger partial charge in [-0.25, -0.2) is 9.97 Å². The summed E-state index contributed by atoms with van der Waals surface area (Å²) in [6, 6.07) is 5.80. The molecule has 0 atom stereocenters. The van der Waals surface area contributed by atoms with E-state index in [0.717, 1.165) is 28.0 Å². The molecule has 6 heteroatoms. The smallest absolute Gasteiger partial charge is 0.224 e. The Bertz CT molecular complexity index is 748. The average molecular weight is 303 g/mol. The number of carbonyl (C=O) groups is 1. The van der Waals surface area contributed by atoms with Crippen LogP contribution < -0.4 is 5.32 Å². The predicted molar refractivity (Wildman–Crippen MR) is 83.4 cm³/mol. The SMILES string of the molecule is Cc1ncsc1CCC(=O)Nc1ccc2scnc2c1. The fourth-order valence-corrected chi connectivity index (χ4v) is 3.39. The van der Waals surface area contributed by atoms with Crippen LogP contribution in [0, 0.1) is 6.92 Å². The number of thiazole rings is 2. The van der Waals surface area contributed by atoms with Gasteiger partial charge in [-0.2, -0.15) is 0 Å². The molecule has 3 rings (SSSR count). The normalized spacial score (nSPS) is 10.8. The number of hydrogen-bond acceptors (Lipinski definition) is 5. The summed E-state index contributed by atoms with van der Waals surface area (Å²) in [4.78, 5) is 21.6. The zero-order valence-electron chi connectivity index (χ0n) is 10.9. The molecule has 1 aromatic carbocycles. The summed E-state index contributed by atoms with van der Waals surface area (Å²) in [5.74, 6) is 0.0207. The summed E-state index contributed by atoms with van der Waals surface area (Å²) in [7, 11) is 0. The van der Waals surface area contributed by atoms with Crippen molar-refractivity contribution >= 4 is 44.5 Å². The molecule has 0 saturated heterocycles. The molecule has 0 spiro atoms. The van der Waals surface area contributed by atoms with Gasteiger partial charge in [0.2, 0.25) is 5.91 Å². The molecular weight excluding hydrogens is 290 g/mol. The van der Waals surface area contributed by atoms with Crippen molar-refractivity contribution in [1.29, 1.82) is 0 Å². The number of aryl methyl sites for hydroxylation is 2. The van der Waals surface area contributed by atoms with Gasteiger partial charge in [-0.05, 0) is 31.5 Å². The standard InChI is InChI=1S/C14H13N3OS2/c1-9-12(19-7-15-9)4-5-14(18)17-10-2-3-13-11(6-10)16-8-20-13/h2-3,6-8H,4-5H2,1H3,(H,17,18). The minimum atomic E-state index is 0.0207. The van der Waals surface area contributed by atoms with Crippen LogP contribution in [0.2, 0.25) is 0 Å². The van der Waals surface area contributed by atoms with Crippen LogP contribution in [0.3, 0.4) is 0 Å². The highest BCUT2D eigenvalue weighted by molar-refractivity contribution is 7.16. The van der Waals surface area contributed by atoms with E-state index in [4.69, 9.17) is 0 Å². The van der Waals surface area contributed by atoms with Crippen LogP contribution in [-0.4, -0.2) is 15.9 Å². The number of amides is 1. The Kier molecular flexibility index (Phi) is 3.75. The van der Waals surface area contributed by atoms with Crippen molar-refractivity contribution in [3.05, 3.63) is 39.8 Å². The molecule has 2 aromatic heterocycles. The minimum Gasteiger partial charge on any atom is -0.326 e. The Morgan fingerprint density at radius 3 is 2.90 bits per heavy atom. The van der Waals surface area contributed by atoms with Gasteiger partial charge in [-0.3, -0.25) is 4.79 Å². The van der Waals surface area contributed by atoms with Crippen LogP contribution in [0.4, 0.5) is 5.69 Å². The fraction of sp³-hybridized carbons (Fsp3) is 0.214. The highest BCUT2D eigenvalue weighted by atomic mass is 32.1. The highest BCUT2D eigenvalue weighted by Gasteiger charge is 2.07. The van der Waals surface area contributed by atoms with Crippen LogP contribution in [0.5, 0.6) is 0 Å². The van der Waals surface area contributed by atoms with Gasteiger partial charge in [-0.15, -0.1) is 22.7 Å². The van der Waals surface area contributed by atoms with E-state index in [2.05, 4.69) is 15.3 Å². The van der Waals surface area contributed by atoms with Crippen LogP contribution in [0.25, 0.3) is 10.2 Å². The molecule has 0 aliphatic rings. The molecule has 3 aromatic rings. The molecule has 0 unspecified atom stereocenters. The summed E-state index contributed by atoms with van der Waals surface area (Å²) in [6.07, 6.45) is 1.21. The Morgan fingerprint density at radius 1 is 1.25 bits per heavy atom. The molecular formula is C14H13N3OS2. The lowest BCUT2D eigenvalue weighted by molar-refractivity contribution is -0.116. The Morgan fingerprint density at radius 2 is 2.10 bits per heavy atom. The van der Waals surface area contributed by atoms with E-state index in [1.54, 1.807) is 22.7 Å². The first-order valence-electron chi connectivity index (χ1n) is 6.24. The van der Waals surface area contributed by atoms with Gasteiger partial charge < -0.3 is 5.32 Å². The Balaban J connectivity index is 1.62. The van der Waals surface area contributed by atoms with Gasteiger partial charge in [-0.1, -0.05) is 0 Å². The minimum absolute atomic E-state index is 0.0207. The maximum absolute atomic E-state index is 11.9. The van der Waals surface area contributed by atoms with Gasteiger partial charge in [0.25, 0.3) is 0 Å². The van der Waals surface area contributed by atoms with E-state index < -0.39 is 0 Å². The molecule has 102 valence electrons. The lowest BCUT2D eigenvalue weighted by Gasteiger charge is -2.04. The number of anilines is 1. The van der Waals surface area contributed by atoms with Crippen LogP contribution in [0.15, 0.2) is 29.2 Å². The van der Waals surface area contributed by atoms with Crippen molar-refractivity contribution in [2.24, 2.45) is 0 Å². The number of aromatic nitrogens is 2. The predicted octanol–water partition coefficient (Wildman–Crippen LogP) is 3.63. The first-order chi connectivity index (χ1) is 9.72. The second-order valence-electron chi connectivity index (χ2n) is 4.44. The van der Waals surface area contributed by atoms with Crippen molar-refractivity contribution in [3.8, 4) is 0 Å². The lowest BCUT2D eigenvalue weighted by atomic mass is 10.2. The lowest BCUT2D eigenvalue weighted by Crippen LogP contribution is -2.12. The summed E-state index contributed by atoms with van der Waals surface area (Å²) in [6.45, 7) is 1.97. The largest absolute Gasteiger partial charge is 0.326 e. The number of hydrogen-bond donors (Lipinski definition) is 1. The number of rotatable bonds is 4. The number of fused-ring (bicyclic) bond motifs is 1. The third-order valence-electron chi connectivity index (χ3n) is 3.04. The van der Waals surface area contributed by atoms with Crippen LogP contribution in [-0.2, 0) is 11.2 Å². The highest BCUT2D eigenvalue weighted by Crippen LogP contribution is 2.21. The maximum Gasteiger partial charge on any atom is 0.224 e.